The highest BCUT2D eigenvalue weighted by Crippen LogP contribution is 2.20. The van der Waals surface area contributed by atoms with E-state index in [0.29, 0.717) is 19.5 Å². The Morgan fingerprint density at radius 1 is 1.47 bits per heavy atom. The monoisotopic (exact) mass is 262 g/mol. The molecule has 1 heterocycles. The van der Waals surface area contributed by atoms with Crippen LogP contribution in [0.2, 0.25) is 0 Å². The van der Waals surface area contributed by atoms with Gasteiger partial charge < -0.3 is 15.7 Å². The van der Waals surface area contributed by atoms with Gasteiger partial charge in [0.1, 0.15) is 0 Å². The van der Waals surface area contributed by atoms with Crippen molar-refractivity contribution in [3.05, 3.63) is 35.9 Å². The van der Waals surface area contributed by atoms with Crippen LogP contribution in [0.3, 0.4) is 0 Å². The summed E-state index contributed by atoms with van der Waals surface area (Å²) in [6.45, 7) is 3.11. The number of likely N-dealkylation sites (tertiary alicyclic amines) is 1. The van der Waals surface area contributed by atoms with Crippen molar-refractivity contribution in [2.24, 2.45) is 11.7 Å². The van der Waals surface area contributed by atoms with Crippen LogP contribution in [-0.4, -0.2) is 41.1 Å². The molecular formula is C15H22N2O2. The van der Waals surface area contributed by atoms with E-state index in [1.165, 1.54) is 0 Å². The van der Waals surface area contributed by atoms with E-state index in [0.717, 1.165) is 12.0 Å². The average Bonchev–Trinajstić information content (AvgIpc) is 2.88. The van der Waals surface area contributed by atoms with E-state index in [9.17, 15) is 9.90 Å². The molecule has 4 nitrogen and oxygen atoms in total. The quantitative estimate of drug-likeness (QED) is 0.843. The van der Waals surface area contributed by atoms with Crippen molar-refractivity contribution in [1.82, 2.24) is 4.90 Å². The molecule has 1 aliphatic heterocycles. The van der Waals surface area contributed by atoms with Crippen LogP contribution in [0.25, 0.3) is 0 Å². The van der Waals surface area contributed by atoms with E-state index in [2.05, 4.69) is 0 Å². The third-order valence-electron chi connectivity index (χ3n) is 3.83. The summed E-state index contributed by atoms with van der Waals surface area (Å²) in [6.07, 6.45) is 1.07. The summed E-state index contributed by atoms with van der Waals surface area (Å²) in [5, 5.41) is 9.56. The second kappa shape index (κ2) is 6.17. The Bertz CT molecular complexity index is 419. The molecule has 1 aromatic rings. The number of nitrogens with zero attached hydrogens (tertiary/aromatic N) is 1. The lowest BCUT2D eigenvalue weighted by Crippen LogP contribution is -2.44. The van der Waals surface area contributed by atoms with Gasteiger partial charge in [-0.05, 0) is 25.3 Å². The van der Waals surface area contributed by atoms with E-state index < -0.39 is 6.04 Å². The maximum Gasteiger partial charge on any atom is 0.239 e. The van der Waals surface area contributed by atoms with Crippen molar-refractivity contribution in [1.29, 1.82) is 0 Å². The molecule has 1 amide bonds. The molecule has 0 spiro atoms. The lowest BCUT2D eigenvalue weighted by Gasteiger charge is -2.21. The van der Waals surface area contributed by atoms with Crippen LogP contribution in [0, 0.1) is 5.92 Å². The number of amides is 1. The lowest BCUT2D eigenvalue weighted by molar-refractivity contribution is -0.131. The normalized spacial score (nSPS) is 22.3. The first-order valence-electron chi connectivity index (χ1n) is 6.84. The maximum atomic E-state index is 12.2. The Morgan fingerprint density at radius 3 is 2.74 bits per heavy atom. The zero-order valence-corrected chi connectivity index (χ0v) is 11.3. The van der Waals surface area contributed by atoms with Gasteiger partial charge in [-0.15, -0.1) is 0 Å². The molecule has 104 valence electrons. The predicted octanol–water partition coefficient (Wildman–Crippen LogP) is 0.786. The second-order valence-corrected chi connectivity index (χ2v) is 5.37. The number of carbonyl (C=O) groups excluding carboxylic acids is 1. The summed E-state index contributed by atoms with van der Waals surface area (Å²) < 4.78 is 0. The van der Waals surface area contributed by atoms with Gasteiger partial charge in [0, 0.05) is 19.0 Å². The van der Waals surface area contributed by atoms with Gasteiger partial charge in [-0.25, -0.2) is 0 Å². The fraction of sp³-hybridized carbons (Fsp3) is 0.533. The largest absolute Gasteiger partial charge is 0.393 e. The number of nitrogens with two attached hydrogens (primary N) is 1. The fourth-order valence-electron chi connectivity index (χ4n) is 2.57. The minimum atomic E-state index is -0.491. The number of aliphatic hydroxyl groups excluding tert-OH is 1. The van der Waals surface area contributed by atoms with Gasteiger partial charge in [-0.2, -0.15) is 0 Å². The zero-order chi connectivity index (χ0) is 13.8. The summed E-state index contributed by atoms with van der Waals surface area (Å²) in [6, 6.07) is 9.32. The van der Waals surface area contributed by atoms with Crippen LogP contribution in [0.1, 0.15) is 18.9 Å². The van der Waals surface area contributed by atoms with Crippen molar-refractivity contribution < 1.29 is 9.90 Å². The van der Waals surface area contributed by atoms with Crippen molar-refractivity contribution in [2.45, 2.75) is 31.9 Å². The molecule has 0 aliphatic carbocycles. The molecule has 19 heavy (non-hydrogen) atoms. The van der Waals surface area contributed by atoms with Gasteiger partial charge in [0.15, 0.2) is 0 Å². The molecule has 0 radical (unpaired) electrons. The van der Waals surface area contributed by atoms with Gasteiger partial charge in [-0.3, -0.25) is 4.79 Å². The Hall–Kier alpha value is -1.39. The van der Waals surface area contributed by atoms with Crippen molar-refractivity contribution in [3.8, 4) is 0 Å². The van der Waals surface area contributed by atoms with Crippen LogP contribution in [0.4, 0.5) is 0 Å². The van der Waals surface area contributed by atoms with Gasteiger partial charge in [-0.1, -0.05) is 30.3 Å². The van der Waals surface area contributed by atoms with Crippen LogP contribution in [-0.2, 0) is 11.2 Å². The number of hydrogen-bond donors (Lipinski definition) is 2. The molecule has 4 heteroatoms. The van der Waals surface area contributed by atoms with Crippen LogP contribution < -0.4 is 5.73 Å². The molecule has 1 aliphatic rings. The van der Waals surface area contributed by atoms with Crippen molar-refractivity contribution >= 4 is 5.91 Å². The van der Waals surface area contributed by atoms with Crippen molar-refractivity contribution in [3.63, 3.8) is 0 Å². The molecule has 3 N–H and O–H groups in total. The highest BCUT2D eigenvalue weighted by Gasteiger charge is 2.31. The molecule has 0 aromatic heterocycles. The van der Waals surface area contributed by atoms with E-state index >= 15 is 0 Å². The molecule has 2 rings (SSSR count). The number of carbonyl (C=O) groups is 1. The van der Waals surface area contributed by atoms with Gasteiger partial charge in [0.05, 0.1) is 12.1 Å². The summed E-state index contributed by atoms with van der Waals surface area (Å²) in [7, 11) is 0. The number of aliphatic hydroxyl groups is 1. The number of rotatable bonds is 4. The first-order chi connectivity index (χ1) is 9.08. The van der Waals surface area contributed by atoms with E-state index in [-0.39, 0.29) is 17.9 Å². The van der Waals surface area contributed by atoms with Crippen LogP contribution in [0.15, 0.2) is 30.3 Å². The third-order valence-corrected chi connectivity index (χ3v) is 3.83. The minimum absolute atomic E-state index is 0.00740. The maximum absolute atomic E-state index is 12.2. The second-order valence-electron chi connectivity index (χ2n) is 5.37. The summed E-state index contributed by atoms with van der Waals surface area (Å²) in [5.41, 5.74) is 7.08. The number of hydrogen-bond acceptors (Lipinski definition) is 3. The predicted molar refractivity (Wildman–Crippen MR) is 74.5 cm³/mol. The zero-order valence-electron chi connectivity index (χ0n) is 11.3. The van der Waals surface area contributed by atoms with Crippen LogP contribution >= 0.6 is 0 Å². The van der Waals surface area contributed by atoms with E-state index in [1.807, 2.05) is 30.3 Å². The Labute approximate surface area is 114 Å². The summed E-state index contributed by atoms with van der Waals surface area (Å²) in [4.78, 5) is 14.0. The topological polar surface area (TPSA) is 66.6 Å². The smallest absolute Gasteiger partial charge is 0.239 e. The van der Waals surface area contributed by atoms with E-state index in [4.69, 9.17) is 5.73 Å². The molecule has 1 saturated heterocycles. The first-order valence-corrected chi connectivity index (χ1v) is 6.84. The Kier molecular flexibility index (Phi) is 4.56. The molecule has 0 saturated carbocycles. The molecule has 0 bridgehead atoms. The summed E-state index contributed by atoms with van der Waals surface area (Å²) >= 11 is 0. The fourth-order valence-corrected chi connectivity index (χ4v) is 2.57. The molecule has 3 atom stereocenters. The molecule has 1 fully saturated rings. The highest BCUT2D eigenvalue weighted by atomic mass is 16.3. The van der Waals surface area contributed by atoms with Gasteiger partial charge >= 0.3 is 0 Å². The summed E-state index contributed by atoms with van der Waals surface area (Å²) in [5.74, 6) is 0.180. The average molecular weight is 262 g/mol. The third kappa shape index (κ3) is 3.55. The highest BCUT2D eigenvalue weighted by molar-refractivity contribution is 5.82. The standard InChI is InChI=1S/C15H22N2O2/c1-11(18)13-7-8-17(10-13)15(19)14(16)9-12-5-3-2-4-6-12/h2-6,11,13-14,18H,7-10,16H2,1H3/t11?,13?,14-/m1/s1. The van der Waals surface area contributed by atoms with Gasteiger partial charge in [0.2, 0.25) is 5.91 Å². The molecular weight excluding hydrogens is 240 g/mol. The lowest BCUT2D eigenvalue weighted by atomic mass is 10.0. The van der Waals surface area contributed by atoms with E-state index in [1.54, 1.807) is 11.8 Å². The Morgan fingerprint density at radius 2 is 2.16 bits per heavy atom. The SMILES string of the molecule is CC(O)C1CCN(C(=O)[C@H](N)Cc2ccccc2)C1. The first kappa shape index (κ1) is 14.0. The van der Waals surface area contributed by atoms with Gasteiger partial charge in [0.25, 0.3) is 0 Å². The molecule has 1 aromatic carbocycles. The number of benzene rings is 1. The van der Waals surface area contributed by atoms with Crippen LogP contribution in [0.5, 0.6) is 0 Å². The Balaban J connectivity index is 1.90. The van der Waals surface area contributed by atoms with Crippen molar-refractivity contribution in [2.75, 3.05) is 13.1 Å². The molecule has 2 unspecified atom stereocenters. The minimum Gasteiger partial charge on any atom is -0.393 e.